The molecule has 3 heterocycles. The first kappa shape index (κ1) is 23.4. The highest BCUT2D eigenvalue weighted by Crippen LogP contribution is 2.32. The van der Waals surface area contributed by atoms with E-state index in [0.717, 1.165) is 4.90 Å². The van der Waals surface area contributed by atoms with Gasteiger partial charge < -0.3 is 15.3 Å². The van der Waals surface area contributed by atoms with Crippen molar-refractivity contribution in [1.82, 2.24) is 15.1 Å². The lowest BCUT2D eigenvalue weighted by molar-refractivity contribution is -0.145. The fourth-order valence-corrected chi connectivity index (χ4v) is 4.66. The topological polar surface area (TPSA) is 153 Å². The van der Waals surface area contributed by atoms with Gasteiger partial charge in [0.15, 0.2) is 0 Å². The number of carboxylic acids is 1. The summed E-state index contributed by atoms with van der Waals surface area (Å²) in [5, 5.41) is 14.4. The predicted octanol–water partition coefficient (Wildman–Crippen LogP) is 0.603. The van der Waals surface area contributed by atoms with Crippen LogP contribution >= 0.6 is 0 Å². The van der Waals surface area contributed by atoms with Crippen molar-refractivity contribution in [1.29, 1.82) is 0 Å². The second kappa shape index (κ2) is 9.62. The maximum absolute atomic E-state index is 13.1. The van der Waals surface area contributed by atoms with E-state index >= 15 is 0 Å². The number of benzene rings is 1. The van der Waals surface area contributed by atoms with Crippen LogP contribution < -0.4 is 10.6 Å². The number of nitrogens with zero attached hydrogens (tertiary/aromatic N) is 2. The zero-order chi connectivity index (χ0) is 24.4. The molecule has 11 nitrogen and oxygen atoms in total. The zero-order valence-electron chi connectivity index (χ0n) is 18.5. The van der Waals surface area contributed by atoms with E-state index in [-0.39, 0.29) is 36.3 Å². The molecule has 180 valence electrons. The normalized spacial score (nSPS) is 20.9. The Morgan fingerprint density at radius 3 is 2.47 bits per heavy atom. The van der Waals surface area contributed by atoms with Crippen molar-refractivity contribution in [2.24, 2.45) is 5.92 Å². The van der Waals surface area contributed by atoms with E-state index in [0.29, 0.717) is 44.6 Å². The summed E-state index contributed by atoms with van der Waals surface area (Å²) in [4.78, 5) is 75.7. The molecule has 3 aliphatic heterocycles. The van der Waals surface area contributed by atoms with Crippen molar-refractivity contribution in [2.45, 2.75) is 44.6 Å². The Labute approximate surface area is 195 Å². The smallest absolute Gasteiger partial charge is 0.306 e. The van der Waals surface area contributed by atoms with Crippen LogP contribution in [0.2, 0.25) is 0 Å². The molecule has 3 aliphatic rings. The fraction of sp³-hybridized carbons (Fsp3) is 0.478. The van der Waals surface area contributed by atoms with Gasteiger partial charge >= 0.3 is 5.97 Å². The molecule has 0 radical (unpaired) electrons. The van der Waals surface area contributed by atoms with Gasteiger partial charge in [0.05, 0.1) is 17.0 Å². The van der Waals surface area contributed by atoms with E-state index in [1.54, 1.807) is 17.0 Å². The molecule has 1 atom stereocenters. The molecule has 0 aliphatic carbocycles. The molecular formula is C23H26N4O7. The first-order valence-electron chi connectivity index (χ1n) is 11.4. The number of carboxylic acid groups (broad SMARTS) is 1. The number of fused-ring (bicyclic) bond motifs is 1. The molecular weight excluding hydrogens is 444 g/mol. The largest absolute Gasteiger partial charge is 0.481 e. The molecule has 5 amide bonds. The zero-order valence-corrected chi connectivity index (χ0v) is 18.5. The Hall–Kier alpha value is -3.76. The van der Waals surface area contributed by atoms with E-state index in [1.807, 2.05) is 0 Å². The van der Waals surface area contributed by atoms with Crippen molar-refractivity contribution in [2.75, 3.05) is 25.0 Å². The molecule has 0 aromatic heterocycles. The third-order valence-electron chi connectivity index (χ3n) is 6.55. The lowest BCUT2D eigenvalue weighted by Crippen LogP contribution is -2.54. The van der Waals surface area contributed by atoms with Crippen molar-refractivity contribution in [3.05, 3.63) is 29.3 Å². The summed E-state index contributed by atoms with van der Waals surface area (Å²) in [7, 11) is 0. The maximum Gasteiger partial charge on any atom is 0.306 e. The summed E-state index contributed by atoms with van der Waals surface area (Å²) in [6.07, 6.45) is 1.81. The van der Waals surface area contributed by atoms with Crippen molar-refractivity contribution < 1.29 is 33.9 Å². The van der Waals surface area contributed by atoms with Gasteiger partial charge in [-0.3, -0.25) is 39.0 Å². The minimum absolute atomic E-state index is 0.0424. The number of piperidine rings is 2. The van der Waals surface area contributed by atoms with E-state index in [9.17, 15) is 28.8 Å². The third-order valence-corrected chi connectivity index (χ3v) is 6.55. The summed E-state index contributed by atoms with van der Waals surface area (Å²) in [5.41, 5.74) is 0.816. The number of likely N-dealkylation sites (tertiary alicyclic amines) is 1. The molecule has 1 aromatic carbocycles. The molecule has 0 bridgehead atoms. The average molecular weight is 470 g/mol. The second-order valence-corrected chi connectivity index (χ2v) is 8.70. The highest BCUT2D eigenvalue weighted by atomic mass is 16.4. The van der Waals surface area contributed by atoms with E-state index in [1.165, 1.54) is 6.07 Å². The molecule has 11 heteroatoms. The molecule has 4 rings (SSSR count). The number of aliphatic carboxylic acids is 1. The van der Waals surface area contributed by atoms with Crippen molar-refractivity contribution in [3.63, 3.8) is 0 Å². The first-order valence-corrected chi connectivity index (χ1v) is 11.4. The minimum Gasteiger partial charge on any atom is -0.481 e. The van der Waals surface area contributed by atoms with Crippen LogP contribution in [-0.4, -0.2) is 76.1 Å². The SMILES string of the molecule is O=C1CCC(N2C(=O)c3cccc(NCCCC(=O)N4CCC(C(=O)O)CC4)c3C2=O)C(=O)N1. The predicted molar refractivity (Wildman–Crippen MR) is 118 cm³/mol. The molecule has 0 saturated carbocycles. The van der Waals surface area contributed by atoms with Crippen LogP contribution in [-0.2, 0) is 19.2 Å². The van der Waals surface area contributed by atoms with Crippen LogP contribution in [0.4, 0.5) is 5.69 Å². The number of hydrogen-bond acceptors (Lipinski definition) is 7. The quantitative estimate of drug-likeness (QED) is 0.387. The Kier molecular flexibility index (Phi) is 6.62. The lowest BCUT2D eigenvalue weighted by Gasteiger charge is -2.30. The number of anilines is 1. The lowest BCUT2D eigenvalue weighted by atomic mass is 9.97. The Morgan fingerprint density at radius 2 is 1.79 bits per heavy atom. The van der Waals surface area contributed by atoms with Crippen LogP contribution in [0.1, 0.15) is 59.2 Å². The standard InChI is InChI=1S/C23H26N4O7/c28-17-7-6-16(20(30)25-17)27-21(31)14-3-1-4-15(19(14)22(27)32)24-10-2-5-18(29)26-11-8-13(9-12-26)23(33)34/h1,3-4,13,16,24H,2,5-12H2,(H,33,34)(H,25,28,30). The number of hydrogen-bond donors (Lipinski definition) is 3. The van der Waals surface area contributed by atoms with Gasteiger partial charge in [-0.15, -0.1) is 0 Å². The van der Waals surface area contributed by atoms with Gasteiger partial charge in [-0.05, 0) is 37.8 Å². The van der Waals surface area contributed by atoms with Crippen LogP contribution in [0.25, 0.3) is 0 Å². The van der Waals surface area contributed by atoms with Gasteiger partial charge in [0.2, 0.25) is 17.7 Å². The van der Waals surface area contributed by atoms with Gasteiger partial charge in [0, 0.05) is 38.2 Å². The number of carbonyl (C=O) groups excluding carboxylic acids is 5. The number of amides is 5. The Morgan fingerprint density at radius 1 is 1.06 bits per heavy atom. The van der Waals surface area contributed by atoms with Gasteiger partial charge in [0.1, 0.15) is 6.04 Å². The number of carbonyl (C=O) groups is 6. The van der Waals surface area contributed by atoms with E-state index in [2.05, 4.69) is 10.6 Å². The van der Waals surface area contributed by atoms with Gasteiger partial charge in [-0.25, -0.2) is 0 Å². The summed E-state index contributed by atoms with van der Waals surface area (Å²) >= 11 is 0. The van der Waals surface area contributed by atoms with Crippen LogP contribution in [0, 0.1) is 5.92 Å². The van der Waals surface area contributed by atoms with Gasteiger partial charge in [-0.2, -0.15) is 0 Å². The summed E-state index contributed by atoms with van der Waals surface area (Å²) < 4.78 is 0. The summed E-state index contributed by atoms with van der Waals surface area (Å²) in [6.45, 7) is 1.25. The third kappa shape index (κ3) is 4.50. The van der Waals surface area contributed by atoms with Crippen LogP contribution in [0.5, 0.6) is 0 Å². The van der Waals surface area contributed by atoms with E-state index < -0.39 is 41.6 Å². The second-order valence-electron chi connectivity index (χ2n) is 8.70. The number of nitrogens with one attached hydrogen (secondary N) is 2. The van der Waals surface area contributed by atoms with Crippen molar-refractivity contribution >= 4 is 41.2 Å². The maximum atomic E-state index is 13.1. The summed E-state index contributed by atoms with van der Waals surface area (Å²) in [5.74, 6) is -3.51. The minimum atomic E-state index is -1.03. The van der Waals surface area contributed by atoms with Crippen LogP contribution in [0.15, 0.2) is 18.2 Å². The van der Waals surface area contributed by atoms with Crippen LogP contribution in [0.3, 0.4) is 0 Å². The number of imide groups is 2. The highest BCUT2D eigenvalue weighted by Gasteiger charge is 2.45. The fourth-order valence-electron chi connectivity index (χ4n) is 4.66. The first-order chi connectivity index (χ1) is 16.3. The van der Waals surface area contributed by atoms with Gasteiger partial charge in [-0.1, -0.05) is 6.07 Å². The average Bonchev–Trinajstić information content (AvgIpc) is 3.07. The molecule has 1 aromatic rings. The molecule has 3 N–H and O–H groups in total. The molecule has 34 heavy (non-hydrogen) atoms. The monoisotopic (exact) mass is 470 g/mol. The highest BCUT2D eigenvalue weighted by molar-refractivity contribution is 6.25. The number of rotatable bonds is 7. The van der Waals surface area contributed by atoms with E-state index in [4.69, 9.17) is 5.11 Å². The summed E-state index contributed by atoms with van der Waals surface area (Å²) in [6, 6.07) is 3.80. The Bertz CT molecular complexity index is 1060. The molecule has 2 fully saturated rings. The van der Waals surface area contributed by atoms with Crippen molar-refractivity contribution in [3.8, 4) is 0 Å². The Balaban J connectivity index is 1.33. The molecule has 2 saturated heterocycles. The molecule has 0 spiro atoms. The molecule has 1 unspecified atom stereocenters. The van der Waals surface area contributed by atoms with Gasteiger partial charge in [0.25, 0.3) is 11.8 Å².